The molecule has 0 aromatic heterocycles. The van der Waals surface area contributed by atoms with Gasteiger partial charge >= 0.3 is 0 Å². The number of likely N-dealkylation sites (N-methyl/N-ethyl adjacent to an activating group) is 1. The highest BCUT2D eigenvalue weighted by Gasteiger charge is 2.29. The number of halogens is 1. The molecule has 0 unspecified atom stereocenters. The summed E-state index contributed by atoms with van der Waals surface area (Å²) in [7, 11) is -3.48. The zero-order valence-electron chi connectivity index (χ0n) is 13.4. The third-order valence-corrected chi connectivity index (χ3v) is 6.62. The first-order valence-corrected chi connectivity index (χ1v) is 9.83. The molecule has 0 radical (unpaired) electrons. The molecule has 0 saturated carbocycles. The molecule has 1 amide bonds. The highest BCUT2D eigenvalue weighted by molar-refractivity contribution is 9.10. The minimum Gasteiger partial charge on any atom is -0.355 e. The smallest absolute Gasteiger partial charge is 0.243 e. The predicted molar refractivity (Wildman–Crippen MR) is 92.8 cm³/mol. The van der Waals surface area contributed by atoms with E-state index in [-0.39, 0.29) is 5.91 Å². The molecule has 6 nitrogen and oxygen atoms in total. The SMILES string of the molecule is CCNC(=O)CN1CCN(S(=O)(=O)c2ccc(Br)c(C)c2)CC1. The second-order valence-corrected chi connectivity index (χ2v) is 8.34. The number of rotatable bonds is 5. The molecule has 0 bridgehead atoms. The number of carbonyl (C=O) groups excluding carboxylic acids is 1. The lowest BCUT2D eigenvalue weighted by molar-refractivity contribution is -0.122. The van der Waals surface area contributed by atoms with E-state index in [0.717, 1.165) is 10.0 Å². The summed E-state index contributed by atoms with van der Waals surface area (Å²) in [4.78, 5) is 13.9. The predicted octanol–water partition coefficient (Wildman–Crippen LogP) is 1.20. The van der Waals surface area contributed by atoms with E-state index in [0.29, 0.717) is 44.2 Å². The van der Waals surface area contributed by atoms with E-state index in [1.807, 2.05) is 18.7 Å². The number of nitrogens with one attached hydrogen (secondary N) is 1. The molecule has 1 aliphatic heterocycles. The number of hydrogen-bond donors (Lipinski definition) is 1. The number of piperazine rings is 1. The molecule has 1 aromatic carbocycles. The molecule has 23 heavy (non-hydrogen) atoms. The van der Waals surface area contributed by atoms with Gasteiger partial charge in [0.15, 0.2) is 0 Å². The number of aryl methyl sites for hydroxylation is 1. The Morgan fingerprint density at radius 1 is 1.26 bits per heavy atom. The molecule has 0 aliphatic carbocycles. The minimum absolute atomic E-state index is 0.0210. The van der Waals surface area contributed by atoms with E-state index in [4.69, 9.17) is 0 Å². The van der Waals surface area contributed by atoms with Crippen molar-refractivity contribution < 1.29 is 13.2 Å². The summed E-state index contributed by atoms with van der Waals surface area (Å²) in [6.07, 6.45) is 0. The largest absolute Gasteiger partial charge is 0.355 e. The zero-order chi connectivity index (χ0) is 17.0. The molecule has 1 heterocycles. The summed E-state index contributed by atoms with van der Waals surface area (Å²) >= 11 is 3.38. The molecule has 0 atom stereocenters. The first kappa shape index (κ1) is 18.4. The highest BCUT2D eigenvalue weighted by Crippen LogP contribution is 2.23. The number of benzene rings is 1. The normalized spacial score (nSPS) is 17.2. The molecule has 128 valence electrons. The van der Waals surface area contributed by atoms with Crippen LogP contribution in [0, 0.1) is 6.92 Å². The Morgan fingerprint density at radius 3 is 2.48 bits per heavy atom. The van der Waals surface area contributed by atoms with Crippen LogP contribution in [0.15, 0.2) is 27.6 Å². The zero-order valence-corrected chi connectivity index (χ0v) is 15.8. The Hall–Kier alpha value is -0.960. The van der Waals surface area contributed by atoms with Crippen LogP contribution in [-0.2, 0) is 14.8 Å². The lowest BCUT2D eigenvalue weighted by Gasteiger charge is -2.33. The monoisotopic (exact) mass is 403 g/mol. The van der Waals surface area contributed by atoms with Gasteiger partial charge in [-0.1, -0.05) is 15.9 Å². The third-order valence-electron chi connectivity index (χ3n) is 3.84. The fourth-order valence-corrected chi connectivity index (χ4v) is 4.27. The molecule has 1 saturated heterocycles. The summed E-state index contributed by atoms with van der Waals surface area (Å²) < 4.78 is 27.8. The lowest BCUT2D eigenvalue weighted by atomic mass is 10.2. The van der Waals surface area contributed by atoms with Gasteiger partial charge in [0, 0.05) is 37.2 Å². The molecule has 1 aliphatic rings. The molecule has 8 heteroatoms. The molecule has 1 fully saturated rings. The molecule has 2 rings (SSSR count). The van der Waals surface area contributed by atoms with E-state index in [9.17, 15) is 13.2 Å². The van der Waals surface area contributed by atoms with Crippen LogP contribution in [0.2, 0.25) is 0 Å². The van der Waals surface area contributed by atoms with Gasteiger partial charge in [-0.25, -0.2) is 8.42 Å². The van der Waals surface area contributed by atoms with Gasteiger partial charge in [-0.15, -0.1) is 0 Å². The van der Waals surface area contributed by atoms with Gasteiger partial charge < -0.3 is 5.32 Å². The van der Waals surface area contributed by atoms with Crippen LogP contribution in [0.25, 0.3) is 0 Å². The Morgan fingerprint density at radius 2 is 1.91 bits per heavy atom. The van der Waals surface area contributed by atoms with E-state index < -0.39 is 10.0 Å². The van der Waals surface area contributed by atoms with Gasteiger partial charge in [-0.05, 0) is 37.6 Å². The Labute approximate surface area is 146 Å². The Kier molecular flexibility index (Phi) is 6.19. The maximum atomic E-state index is 12.7. The quantitative estimate of drug-likeness (QED) is 0.801. The Bertz CT molecular complexity index is 671. The van der Waals surface area contributed by atoms with Crippen molar-refractivity contribution in [2.75, 3.05) is 39.3 Å². The van der Waals surface area contributed by atoms with Crippen molar-refractivity contribution in [1.29, 1.82) is 0 Å². The van der Waals surface area contributed by atoms with E-state index in [2.05, 4.69) is 21.2 Å². The molecule has 0 spiro atoms. The van der Waals surface area contributed by atoms with Crippen LogP contribution in [0.3, 0.4) is 0 Å². The molecular weight excluding hydrogens is 382 g/mol. The summed E-state index contributed by atoms with van der Waals surface area (Å²) in [5, 5.41) is 2.75. The third kappa shape index (κ3) is 4.53. The van der Waals surface area contributed by atoms with Gasteiger partial charge in [0.05, 0.1) is 11.4 Å². The van der Waals surface area contributed by atoms with Crippen LogP contribution in [0.5, 0.6) is 0 Å². The average molecular weight is 404 g/mol. The van der Waals surface area contributed by atoms with Crippen molar-refractivity contribution >= 4 is 31.9 Å². The van der Waals surface area contributed by atoms with Gasteiger partial charge in [0.2, 0.25) is 15.9 Å². The lowest BCUT2D eigenvalue weighted by Crippen LogP contribution is -2.51. The van der Waals surface area contributed by atoms with Crippen LogP contribution in [0.1, 0.15) is 12.5 Å². The van der Waals surface area contributed by atoms with Crippen molar-refractivity contribution in [3.63, 3.8) is 0 Å². The summed E-state index contributed by atoms with van der Waals surface area (Å²) in [6, 6.07) is 5.06. The van der Waals surface area contributed by atoms with Crippen molar-refractivity contribution in [2.45, 2.75) is 18.7 Å². The van der Waals surface area contributed by atoms with Crippen LogP contribution in [-0.4, -0.2) is 62.8 Å². The number of carbonyl (C=O) groups is 1. The number of sulfonamides is 1. The van der Waals surface area contributed by atoms with Crippen molar-refractivity contribution in [2.24, 2.45) is 0 Å². The Balaban J connectivity index is 2.01. The molecule has 1 aromatic rings. The van der Waals surface area contributed by atoms with Crippen LogP contribution >= 0.6 is 15.9 Å². The van der Waals surface area contributed by atoms with Crippen LogP contribution in [0.4, 0.5) is 0 Å². The summed E-state index contributed by atoms with van der Waals surface area (Å²) in [5.74, 6) is -0.0210. The maximum Gasteiger partial charge on any atom is 0.243 e. The average Bonchev–Trinajstić information content (AvgIpc) is 2.50. The van der Waals surface area contributed by atoms with Crippen LogP contribution < -0.4 is 5.32 Å². The number of nitrogens with zero attached hydrogens (tertiary/aromatic N) is 2. The van der Waals surface area contributed by atoms with Gasteiger partial charge in [-0.2, -0.15) is 4.31 Å². The number of amides is 1. The van der Waals surface area contributed by atoms with E-state index in [1.54, 1.807) is 18.2 Å². The van der Waals surface area contributed by atoms with Gasteiger partial charge in [-0.3, -0.25) is 9.69 Å². The van der Waals surface area contributed by atoms with Crippen molar-refractivity contribution in [3.8, 4) is 0 Å². The molecule has 1 N–H and O–H groups in total. The highest BCUT2D eigenvalue weighted by atomic mass is 79.9. The second-order valence-electron chi connectivity index (χ2n) is 5.54. The van der Waals surface area contributed by atoms with Crippen molar-refractivity contribution in [3.05, 3.63) is 28.2 Å². The fourth-order valence-electron chi connectivity index (χ4n) is 2.51. The summed E-state index contributed by atoms with van der Waals surface area (Å²) in [6.45, 7) is 6.59. The topological polar surface area (TPSA) is 69.7 Å². The molecular formula is C15H22BrN3O3S. The standard InChI is InChI=1S/C15H22BrN3O3S/c1-3-17-15(20)11-18-6-8-19(9-7-18)23(21,22)13-4-5-14(16)12(2)10-13/h4-5,10H,3,6-9,11H2,1-2H3,(H,17,20). The minimum atomic E-state index is -3.48. The van der Waals surface area contributed by atoms with E-state index >= 15 is 0 Å². The first-order valence-electron chi connectivity index (χ1n) is 7.60. The second kappa shape index (κ2) is 7.74. The fraction of sp³-hybridized carbons (Fsp3) is 0.533. The summed E-state index contributed by atoms with van der Waals surface area (Å²) in [5.41, 5.74) is 0.890. The van der Waals surface area contributed by atoms with E-state index in [1.165, 1.54) is 4.31 Å². The number of hydrogen-bond acceptors (Lipinski definition) is 4. The van der Waals surface area contributed by atoms with Crippen molar-refractivity contribution in [1.82, 2.24) is 14.5 Å². The van der Waals surface area contributed by atoms with Gasteiger partial charge in [0.1, 0.15) is 0 Å². The van der Waals surface area contributed by atoms with Gasteiger partial charge in [0.25, 0.3) is 0 Å². The first-order chi connectivity index (χ1) is 10.8. The maximum absolute atomic E-state index is 12.7.